The third-order valence-electron chi connectivity index (χ3n) is 2.09. The van der Waals surface area contributed by atoms with Gasteiger partial charge in [-0.2, -0.15) is 0 Å². The van der Waals surface area contributed by atoms with Gasteiger partial charge >= 0.3 is 5.97 Å². The van der Waals surface area contributed by atoms with Crippen molar-refractivity contribution in [1.29, 1.82) is 0 Å². The third-order valence-corrected chi connectivity index (χ3v) is 2.09. The monoisotopic (exact) mass is 171 g/mol. The largest absolute Gasteiger partial charge is 0.478 e. The summed E-state index contributed by atoms with van der Waals surface area (Å²) in [5.74, 6) is -0.912. The summed E-state index contributed by atoms with van der Waals surface area (Å²) in [6.45, 7) is 8.04. The Morgan fingerprint density at radius 3 is 2.50 bits per heavy atom. The van der Waals surface area contributed by atoms with E-state index in [1.165, 1.54) is 0 Å². The molecule has 1 unspecified atom stereocenters. The van der Waals surface area contributed by atoms with Crippen LogP contribution in [0.1, 0.15) is 20.3 Å². The number of carbonyl (C=O) groups is 1. The quantitative estimate of drug-likeness (QED) is 0.635. The number of likely N-dealkylation sites (N-methyl/N-ethyl adjacent to an activating group) is 1. The summed E-state index contributed by atoms with van der Waals surface area (Å²) in [6.07, 6.45) is 1.02. The molecule has 0 aromatic heterocycles. The molecule has 0 aromatic rings. The molecule has 0 aliphatic rings. The second kappa shape index (κ2) is 4.93. The van der Waals surface area contributed by atoms with Crippen LogP contribution in [0.15, 0.2) is 12.2 Å². The van der Waals surface area contributed by atoms with Gasteiger partial charge in [0.2, 0.25) is 0 Å². The lowest BCUT2D eigenvalue weighted by atomic mass is 10.2. The summed E-state index contributed by atoms with van der Waals surface area (Å²) in [5.41, 5.74) is 0.248. The molecule has 3 heteroatoms. The zero-order valence-electron chi connectivity index (χ0n) is 8.00. The third kappa shape index (κ3) is 3.53. The molecule has 0 aliphatic heterocycles. The van der Waals surface area contributed by atoms with E-state index >= 15 is 0 Å². The van der Waals surface area contributed by atoms with Gasteiger partial charge in [-0.3, -0.25) is 4.90 Å². The number of nitrogens with zero attached hydrogens (tertiary/aromatic N) is 1. The molecule has 0 radical (unpaired) electrons. The van der Waals surface area contributed by atoms with Crippen molar-refractivity contribution in [1.82, 2.24) is 4.90 Å². The van der Waals surface area contributed by atoms with E-state index in [0.29, 0.717) is 12.6 Å². The van der Waals surface area contributed by atoms with Gasteiger partial charge in [-0.25, -0.2) is 4.79 Å². The highest BCUT2D eigenvalue weighted by atomic mass is 16.4. The average Bonchev–Trinajstić information content (AvgIpc) is 2.02. The molecule has 0 saturated carbocycles. The molecular formula is C9H17NO2. The minimum absolute atomic E-state index is 0.248. The molecule has 3 nitrogen and oxygen atoms in total. The standard InChI is InChI=1S/C9H17NO2/c1-5-8(3)10(4)6-7(2)9(11)12/h8H,2,5-6H2,1,3-4H3,(H,11,12). The van der Waals surface area contributed by atoms with Crippen LogP contribution in [0.4, 0.5) is 0 Å². The number of carboxylic acid groups (broad SMARTS) is 1. The Hall–Kier alpha value is -0.830. The molecule has 0 rings (SSSR count). The van der Waals surface area contributed by atoms with Crippen molar-refractivity contribution in [3.05, 3.63) is 12.2 Å². The molecule has 0 spiro atoms. The van der Waals surface area contributed by atoms with E-state index in [9.17, 15) is 4.79 Å². The first kappa shape index (κ1) is 11.2. The van der Waals surface area contributed by atoms with E-state index in [4.69, 9.17) is 5.11 Å². The molecule has 0 saturated heterocycles. The summed E-state index contributed by atoms with van der Waals surface area (Å²) in [7, 11) is 1.91. The van der Waals surface area contributed by atoms with Gasteiger partial charge < -0.3 is 5.11 Å². The Morgan fingerprint density at radius 1 is 1.67 bits per heavy atom. The van der Waals surface area contributed by atoms with Crippen LogP contribution in [0.5, 0.6) is 0 Å². The summed E-state index contributed by atoms with van der Waals surface area (Å²) in [6, 6.07) is 0.404. The topological polar surface area (TPSA) is 40.5 Å². The van der Waals surface area contributed by atoms with E-state index < -0.39 is 5.97 Å². The summed E-state index contributed by atoms with van der Waals surface area (Å²) in [5, 5.41) is 8.56. The van der Waals surface area contributed by atoms with E-state index in [1.54, 1.807) is 0 Å². The highest BCUT2D eigenvalue weighted by molar-refractivity contribution is 5.86. The highest BCUT2D eigenvalue weighted by Gasteiger charge is 2.11. The molecule has 0 aliphatic carbocycles. The van der Waals surface area contributed by atoms with Crippen molar-refractivity contribution in [2.24, 2.45) is 0 Å². The van der Waals surface area contributed by atoms with Crippen LogP contribution in [0, 0.1) is 0 Å². The number of hydrogen-bond donors (Lipinski definition) is 1. The van der Waals surface area contributed by atoms with Crippen molar-refractivity contribution < 1.29 is 9.90 Å². The fourth-order valence-corrected chi connectivity index (χ4v) is 0.836. The Bertz CT molecular complexity index is 177. The lowest BCUT2D eigenvalue weighted by Gasteiger charge is -2.22. The second-order valence-electron chi connectivity index (χ2n) is 3.08. The molecule has 0 aromatic carbocycles. The molecule has 1 atom stereocenters. The molecule has 0 fully saturated rings. The van der Waals surface area contributed by atoms with Gasteiger partial charge in [0.1, 0.15) is 0 Å². The fraction of sp³-hybridized carbons (Fsp3) is 0.667. The van der Waals surface area contributed by atoms with Crippen molar-refractivity contribution >= 4 is 5.97 Å². The van der Waals surface area contributed by atoms with Crippen molar-refractivity contribution in [3.63, 3.8) is 0 Å². The Kier molecular flexibility index (Phi) is 4.59. The lowest BCUT2D eigenvalue weighted by Crippen LogP contribution is -2.31. The van der Waals surface area contributed by atoms with Crippen LogP contribution in [-0.2, 0) is 4.79 Å². The van der Waals surface area contributed by atoms with Gasteiger partial charge in [0, 0.05) is 18.2 Å². The SMILES string of the molecule is C=C(CN(C)C(C)CC)C(=O)O. The number of carboxylic acids is 1. The van der Waals surface area contributed by atoms with E-state index in [-0.39, 0.29) is 5.57 Å². The summed E-state index contributed by atoms with van der Waals surface area (Å²) in [4.78, 5) is 12.4. The molecule has 0 heterocycles. The van der Waals surface area contributed by atoms with Gasteiger partial charge in [0.15, 0.2) is 0 Å². The van der Waals surface area contributed by atoms with Crippen LogP contribution in [0.3, 0.4) is 0 Å². The molecule has 70 valence electrons. The highest BCUT2D eigenvalue weighted by Crippen LogP contribution is 2.03. The summed E-state index contributed by atoms with van der Waals surface area (Å²) >= 11 is 0. The Morgan fingerprint density at radius 2 is 2.17 bits per heavy atom. The van der Waals surface area contributed by atoms with Crippen LogP contribution < -0.4 is 0 Å². The molecule has 0 amide bonds. The fourth-order valence-electron chi connectivity index (χ4n) is 0.836. The molecule has 0 bridgehead atoms. The number of rotatable bonds is 5. The van der Waals surface area contributed by atoms with Crippen molar-refractivity contribution in [3.8, 4) is 0 Å². The first-order valence-electron chi connectivity index (χ1n) is 4.10. The maximum absolute atomic E-state index is 10.4. The van der Waals surface area contributed by atoms with E-state index in [0.717, 1.165) is 6.42 Å². The van der Waals surface area contributed by atoms with Gasteiger partial charge in [-0.05, 0) is 20.4 Å². The summed E-state index contributed by atoms with van der Waals surface area (Å²) < 4.78 is 0. The normalized spacial score (nSPS) is 13.0. The lowest BCUT2D eigenvalue weighted by molar-refractivity contribution is -0.132. The van der Waals surface area contributed by atoms with Gasteiger partial charge in [0.05, 0.1) is 0 Å². The van der Waals surface area contributed by atoms with Crippen LogP contribution in [0.25, 0.3) is 0 Å². The van der Waals surface area contributed by atoms with Gasteiger partial charge in [-0.15, -0.1) is 0 Å². The first-order chi connectivity index (χ1) is 5.49. The molecule has 12 heavy (non-hydrogen) atoms. The van der Waals surface area contributed by atoms with Crippen LogP contribution in [-0.4, -0.2) is 35.6 Å². The number of aliphatic carboxylic acids is 1. The molecule has 1 N–H and O–H groups in total. The Balaban J connectivity index is 3.92. The predicted molar refractivity (Wildman–Crippen MR) is 49.2 cm³/mol. The van der Waals surface area contributed by atoms with Crippen molar-refractivity contribution in [2.45, 2.75) is 26.3 Å². The van der Waals surface area contributed by atoms with E-state index in [1.807, 2.05) is 11.9 Å². The smallest absolute Gasteiger partial charge is 0.332 e. The zero-order valence-corrected chi connectivity index (χ0v) is 8.00. The first-order valence-corrected chi connectivity index (χ1v) is 4.10. The van der Waals surface area contributed by atoms with Crippen molar-refractivity contribution in [2.75, 3.05) is 13.6 Å². The second-order valence-corrected chi connectivity index (χ2v) is 3.08. The van der Waals surface area contributed by atoms with E-state index in [2.05, 4.69) is 20.4 Å². The predicted octanol–water partition coefficient (Wildman–Crippen LogP) is 1.36. The average molecular weight is 171 g/mol. The molecular weight excluding hydrogens is 154 g/mol. The number of hydrogen-bond acceptors (Lipinski definition) is 2. The zero-order chi connectivity index (χ0) is 9.72. The maximum atomic E-state index is 10.4. The maximum Gasteiger partial charge on any atom is 0.332 e. The Labute approximate surface area is 73.7 Å². The minimum atomic E-state index is -0.912. The minimum Gasteiger partial charge on any atom is -0.478 e. The van der Waals surface area contributed by atoms with Crippen LogP contribution in [0.2, 0.25) is 0 Å². The van der Waals surface area contributed by atoms with Gasteiger partial charge in [-0.1, -0.05) is 13.5 Å². The van der Waals surface area contributed by atoms with Crippen LogP contribution >= 0.6 is 0 Å². The van der Waals surface area contributed by atoms with Gasteiger partial charge in [0.25, 0.3) is 0 Å².